The van der Waals surface area contributed by atoms with Crippen LogP contribution in [0.1, 0.15) is 75.8 Å². The van der Waals surface area contributed by atoms with Crippen molar-refractivity contribution in [1.29, 1.82) is 0 Å². The average Bonchev–Trinajstić information content (AvgIpc) is 2.83. The number of ether oxygens (including phenoxy) is 3. The van der Waals surface area contributed by atoms with E-state index in [2.05, 4.69) is 20.8 Å². The van der Waals surface area contributed by atoms with Gasteiger partial charge in [0, 0.05) is 37.3 Å². The lowest BCUT2D eigenvalue weighted by Gasteiger charge is -2.39. The van der Waals surface area contributed by atoms with Crippen molar-refractivity contribution in [3.63, 3.8) is 0 Å². The molecule has 1 amide bonds. The molecule has 1 unspecified atom stereocenters. The van der Waals surface area contributed by atoms with Crippen LogP contribution in [0.4, 0.5) is 0 Å². The van der Waals surface area contributed by atoms with Gasteiger partial charge in [-0.3, -0.25) is 14.6 Å². The SMILES string of the molecule is CCOC(=O)c1cn2c(cc1=O)-c1cc(OC)c(OCCCCCN(N)C(C)=O)cc1CC2C(C)(C)C. The number of hydrogen-bond acceptors (Lipinski definition) is 7. The molecule has 202 valence electrons. The Kier molecular flexibility index (Phi) is 9.02. The monoisotopic (exact) mass is 513 g/mol. The first kappa shape index (κ1) is 28.2. The highest BCUT2D eigenvalue weighted by molar-refractivity contribution is 5.89. The van der Waals surface area contributed by atoms with Gasteiger partial charge in [0.2, 0.25) is 5.91 Å². The minimum atomic E-state index is -0.608. The minimum Gasteiger partial charge on any atom is -0.493 e. The third-order valence-electron chi connectivity index (χ3n) is 6.69. The fourth-order valence-corrected chi connectivity index (χ4v) is 4.60. The highest BCUT2D eigenvalue weighted by Crippen LogP contribution is 2.45. The van der Waals surface area contributed by atoms with E-state index < -0.39 is 5.97 Å². The zero-order chi connectivity index (χ0) is 27.3. The van der Waals surface area contributed by atoms with E-state index in [1.807, 2.05) is 16.7 Å². The first-order chi connectivity index (χ1) is 17.5. The number of hydrazine groups is 1. The summed E-state index contributed by atoms with van der Waals surface area (Å²) < 4.78 is 18.9. The summed E-state index contributed by atoms with van der Waals surface area (Å²) in [5.41, 5.74) is 2.19. The molecule has 1 aromatic heterocycles. The van der Waals surface area contributed by atoms with Gasteiger partial charge in [0.05, 0.1) is 26.0 Å². The molecule has 9 nitrogen and oxygen atoms in total. The van der Waals surface area contributed by atoms with E-state index in [0.29, 0.717) is 31.1 Å². The maximum atomic E-state index is 12.9. The Labute approximate surface area is 218 Å². The highest BCUT2D eigenvalue weighted by atomic mass is 16.5. The number of nitrogens with two attached hydrogens (primary N) is 1. The van der Waals surface area contributed by atoms with Crippen LogP contribution in [0.2, 0.25) is 0 Å². The Hall–Kier alpha value is -3.33. The van der Waals surface area contributed by atoms with E-state index in [-0.39, 0.29) is 35.0 Å². The number of fused-ring (bicyclic) bond motifs is 3. The predicted octanol–water partition coefficient (Wildman–Crippen LogP) is 4.12. The summed E-state index contributed by atoms with van der Waals surface area (Å²) in [4.78, 5) is 36.5. The summed E-state index contributed by atoms with van der Waals surface area (Å²) in [5.74, 6) is 6.11. The number of carbonyl (C=O) groups excluding carboxylic acids is 2. The molecule has 37 heavy (non-hydrogen) atoms. The summed E-state index contributed by atoms with van der Waals surface area (Å²) >= 11 is 0. The number of methoxy groups -OCH3 is 1. The van der Waals surface area contributed by atoms with Crippen molar-refractivity contribution in [2.75, 3.05) is 26.9 Å². The molecule has 0 aliphatic carbocycles. The Morgan fingerprint density at radius 1 is 1.14 bits per heavy atom. The molecular formula is C28H39N3O6. The third kappa shape index (κ3) is 6.52. The summed E-state index contributed by atoms with van der Waals surface area (Å²) in [6.07, 6.45) is 4.83. The third-order valence-corrected chi connectivity index (χ3v) is 6.69. The van der Waals surface area contributed by atoms with Gasteiger partial charge < -0.3 is 18.8 Å². The second kappa shape index (κ2) is 11.8. The van der Waals surface area contributed by atoms with Gasteiger partial charge in [-0.25, -0.2) is 10.6 Å². The van der Waals surface area contributed by atoms with Crippen molar-refractivity contribution in [3.8, 4) is 22.8 Å². The quantitative estimate of drug-likeness (QED) is 0.167. The highest BCUT2D eigenvalue weighted by Gasteiger charge is 2.34. The van der Waals surface area contributed by atoms with Gasteiger partial charge in [-0.15, -0.1) is 0 Å². The molecule has 0 fully saturated rings. The topological polar surface area (TPSA) is 113 Å². The minimum absolute atomic E-state index is 0.00510. The normalized spacial score (nSPS) is 14.4. The molecule has 0 radical (unpaired) electrons. The van der Waals surface area contributed by atoms with Crippen LogP contribution in [0.15, 0.2) is 29.2 Å². The zero-order valence-electron chi connectivity index (χ0n) is 22.8. The van der Waals surface area contributed by atoms with Gasteiger partial charge in [-0.1, -0.05) is 20.8 Å². The lowest BCUT2D eigenvalue weighted by molar-refractivity contribution is -0.129. The Morgan fingerprint density at radius 2 is 1.86 bits per heavy atom. The number of rotatable bonds is 10. The van der Waals surface area contributed by atoms with Crippen molar-refractivity contribution >= 4 is 11.9 Å². The standard InChI is InChI=1S/C28H39N3O6/c1-7-36-27(34)21-17-30-22(16-23(21)33)20-15-24(35-6)25(13-19(20)14-26(30)28(3,4)5)37-12-10-8-9-11-31(29)18(2)32/h13,15-17,26H,7-12,14,29H2,1-6H3. The van der Waals surface area contributed by atoms with E-state index in [4.69, 9.17) is 20.1 Å². The number of amides is 1. The maximum absolute atomic E-state index is 12.9. The first-order valence-electron chi connectivity index (χ1n) is 12.8. The molecule has 0 bridgehead atoms. The molecule has 0 saturated heterocycles. The van der Waals surface area contributed by atoms with E-state index in [9.17, 15) is 14.4 Å². The summed E-state index contributed by atoms with van der Waals surface area (Å²) in [6, 6.07) is 5.42. The Bertz CT molecular complexity index is 1200. The summed E-state index contributed by atoms with van der Waals surface area (Å²) in [5, 5.41) is 1.22. The number of unbranched alkanes of at least 4 members (excludes halogenated alkanes) is 2. The maximum Gasteiger partial charge on any atom is 0.343 e. The molecule has 3 rings (SSSR count). The fraction of sp³-hybridized carbons (Fsp3) is 0.536. The van der Waals surface area contributed by atoms with Crippen molar-refractivity contribution < 1.29 is 23.8 Å². The van der Waals surface area contributed by atoms with Crippen molar-refractivity contribution in [3.05, 3.63) is 45.7 Å². The lowest BCUT2D eigenvalue weighted by Crippen LogP contribution is -2.36. The molecule has 1 aliphatic rings. The van der Waals surface area contributed by atoms with Gasteiger partial charge in [-0.2, -0.15) is 0 Å². The van der Waals surface area contributed by atoms with Crippen molar-refractivity contribution in [2.24, 2.45) is 11.3 Å². The molecule has 0 spiro atoms. The molecule has 1 atom stereocenters. The van der Waals surface area contributed by atoms with Crippen LogP contribution in [-0.4, -0.2) is 48.3 Å². The second-order valence-corrected chi connectivity index (χ2v) is 10.4. The largest absolute Gasteiger partial charge is 0.493 e. The smallest absolute Gasteiger partial charge is 0.343 e. The number of aromatic nitrogens is 1. The molecule has 1 aliphatic heterocycles. The van der Waals surface area contributed by atoms with Crippen LogP contribution >= 0.6 is 0 Å². The van der Waals surface area contributed by atoms with Crippen LogP contribution in [-0.2, 0) is 16.0 Å². The van der Waals surface area contributed by atoms with E-state index in [0.717, 1.165) is 36.1 Å². The van der Waals surface area contributed by atoms with E-state index >= 15 is 0 Å². The number of benzene rings is 1. The van der Waals surface area contributed by atoms with E-state index in [1.54, 1.807) is 20.2 Å². The number of esters is 1. The number of nitrogens with zero attached hydrogens (tertiary/aromatic N) is 2. The number of hydrogen-bond donors (Lipinski definition) is 1. The molecule has 1 aromatic carbocycles. The Balaban J connectivity index is 1.89. The van der Waals surface area contributed by atoms with Gasteiger partial charge in [0.15, 0.2) is 16.9 Å². The van der Waals surface area contributed by atoms with Crippen LogP contribution < -0.4 is 20.7 Å². The molecular weight excluding hydrogens is 474 g/mol. The number of carbonyl (C=O) groups is 2. The molecule has 9 heteroatoms. The molecule has 0 saturated carbocycles. The van der Waals surface area contributed by atoms with Gasteiger partial charge in [-0.05, 0) is 55.7 Å². The van der Waals surface area contributed by atoms with Crippen LogP contribution in [0.25, 0.3) is 11.3 Å². The first-order valence-corrected chi connectivity index (χ1v) is 12.8. The van der Waals surface area contributed by atoms with Gasteiger partial charge in [0.1, 0.15) is 5.56 Å². The van der Waals surface area contributed by atoms with Gasteiger partial charge >= 0.3 is 5.97 Å². The molecule has 2 aromatic rings. The van der Waals surface area contributed by atoms with Gasteiger partial charge in [0.25, 0.3) is 0 Å². The fourth-order valence-electron chi connectivity index (χ4n) is 4.60. The lowest BCUT2D eigenvalue weighted by atomic mass is 9.78. The second-order valence-electron chi connectivity index (χ2n) is 10.4. The molecule has 2 N–H and O–H groups in total. The summed E-state index contributed by atoms with van der Waals surface area (Å²) in [7, 11) is 1.59. The van der Waals surface area contributed by atoms with Crippen molar-refractivity contribution in [1.82, 2.24) is 9.58 Å². The van der Waals surface area contributed by atoms with Crippen LogP contribution in [0.5, 0.6) is 11.5 Å². The summed E-state index contributed by atoms with van der Waals surface area (Å²) in [6.45, 7) is 10.8. The zero-order valence-corrected chi connectivity index (χ0v) is 22.8. The molecule has 2 heterocycles. The van der Waals surface area contributed by atoms with Crippen molar-refractivity contribution in [2.45, 2.75) is 66.3 Å². The van der Waals surface area contributed by atoms with Crippen LogP contribution in [0, 0.1) is 5.41 Å². The van der Waals surface area contributed by atoms with E-state index in [1.165, 1.54) is 18.0 Å². The average molecular weight is 514 g/mol. The number of pyridine rings is 1. The van der Waals surface area contributed by atoms with Crippen LogP contribution in [0.3, 0.4) is 0 Å². The Morgan fingerprint density at radius 3 is 2.49 bits per heavy atom. The predicted molar refractivity (Wildman–Crippen MR) is 142 cm³/mol.